The number of piperidine rings is 1. The molecular weight excluding hydrogens is 514 g/mol. The Labute approximate surface area is 225 Å². The van der Waals surface area contributed by atoms with Gasteiger partial charge in [0.1, 0.15) is 6.17 Å². The number of hydrogen-bond donors (Lipinski definition) is 3. The predicted octanol–water partition coefficient (Wildman–Crippen LogP) is 3.49. The van der Waals surface area contributed by atoms with Crippen molar-refractivity contribution < 1.29 is 22.4 Å². The molecule has 12 heteroatoms. The van der Waals surface area contributed by atoms with Crippen LogP contribution in [0.15, 0.2) is 18.6 Å². The smallest absolute Gasteiger partial charge is 0.351 e. The van der Waals surface area contributed by atoms with Gasteiger partial charge in [-0.05, 0) is 62.2 Å². The number of halogens is 4. The fourth-order valence-electron chi connectivity index (χ4n) is 6.68. The first kappa shape index (κ1) is 27.9. The summed E-state index contributed by atoms with van der Waals surface area (Å²) in [7, 11) is 3.25. The van der Waals surface area contributed by atoms with Crippen molar-refractivity contribution in [1.29, 1.82) is 5.41 Å². The third-order valence-electron chi connectivity index (χ3n) is 8.96. The molecular formula is C27H39F4N7O. The van der Waals surface area contributed by atoms with Gasteiger partial charge in [0, 0.05) is 69.3 Å². The summed E-state index contributed by atoms with van der Waals surface area (Å²) >= 11 is 0. The number of imidazole rings is 1. The maximum absolute atomic E-state index is 14.1. The number of alkyl halides is 4. The lowest BCUT2D eigenvalue weighted by atomic mass is 9.72. The molecule has 3 heterocycles. The zero-order chi connectivity index (χ0) is 28.1. The number of hydrogen-bond acceptors (Lipinski definition) is 4. The second-order valence-electron chi connectivity index (χ2n) is 12.1. The van der Waals surface area contributed by atoms with Crippen LogP contribution in [0.4, 0.5) is 17.6 Å². The van der Waals surface area contributed by atoms with Gasteiger partial charge in [-0.15, -0.1) is 0 Å². The molecule has 0 aromatic carbocycles. The highest BCUT2D eigenvalue weighted by Crippen LogP contribution is 2.45. The quantitative estimate of drug-likeness (QED) is 0.459. The number of rotatable bonds is 7. The van der Waals surface area contributed by atoms with Gasteiger partial charge in [0.05, 0.1) is 0 Å². The zero-order valence-corrected chi connectivity index (χ0v) is 22.7. The SMILES string of the molecule is CC1CC([C@@H](NC(=O)C2CC(Cn3ccn(C)c3=N)CC(c3cn(C)nc3C(F)(F)F)C2)C2CC2)NCC1F. The van der Waals surface area contributed by atoms with Gasteiger partial charge in [-0.25, -0.2) is 4.39 Å². The van der Waals surface area contributed by atoms with Crippen LogP contribution >= 0.6 is 0 Å². The number of aryl methyl sites for hydroxylation is 2. The molecule has 2 saturated carbocycles. The van der Waals surface area contributed by atoms with E-state index in [2.05, 4.69) is 15.7 Å². The van der Waals surface area contributed by atoms with Gasteiger partial charge in [0.15, 0.2) is 5.69 Å². The first-order chi connectivity index (χ1) is 18.4. The molecule has 0 bridgehead atoms. The number of carbonyl (C=O) groups is 1. The number of nitrogens with one attached hydrogen (secondary N) is 3. The van der Waals surface area contributed by atoms with Gasteiger partial charge in [-0.1, -0.05) is 6.92 Å². The molecule has 39 heavy (non-hydrogen) atoms. The molecule has 0 spiro atoms. The molecule has 8 nitrogen and oxygen atoms in total. The summed E-state index contributed by atoms with van der Waals surface area (Å²) < 4.78 is 60.4. The van der Waals surface area contributed by atoms with E-state index in [4.69, 9.17) is 5.41 Å². The van der Waals surface area contributed by atoms with Crippen molar-refractivity contribution in [3.8, 4) is 0 Å². The average Bonchev–Trinajstić information content (AvgIpc) is 3.57. The zero-order valence-electron chi connectivity index (χ0n) is 22.7. The summed E-state index contributed by atoms with van der Waals surface area (Å²) in [5, 5.41) is 18.6. The Morgan fingerprint density at radius 3 is 2.56 bits per heavy atom. The fourth-order valence-corrected chi connectivity index (χ4v) is 6.68. The van der Waals surface area contributed by atoms with Crippen LogP contribution in [0.5, 0.6) is 0 Å². The lowest BCUT2D eigenvalue weighted by Crippen LogP contribution is -2.57. The Kier molecular flexibility index (Phi) is 7.69. The minimum Gasteiger partial charge on any atom is -0.351 e. The normalized spacial score (nSPS) is 30.7. The Balaban J connectivity index is 1.38. The van der Waals surface area contributed by atoms with Crippen LogP contribution in [0.1, 0.15) is 62.6 Å². The minimum atomic E-state index is -4.58. The summed E-state index contributed by atoms with van der Waals surface area (Å²) in [5.74, 6) is -0.929. The second-order valence-corrected chi connectivity index (χ2v) is 12.1. The van der Waals surface area contributed by atoms with Crippen molar-refractivity contribution in [3.05, 3.63) is 35.5 Å². The molecule has 2 aliphatic carbocycles. The first-order valence-corrected chi connectivity index (χ1v) is 14.0. The second kappa shape index (κ2) is 10.7. The van der Waals surface area contributed by atoms with Gasteiger partial charge in [0.2, 0.25) is 11.5 Å². The largest absolute Gasteiger partial charge is 0.435 e. The van der Waals surface area contributed by atoms with Gasteiger partial charge < -0.3 is 19.8 Å². The maximum atomic E-state index is 14.1. The van der Waals surface area contributed by atoms with Crippen molar-refractivity contribution in [1.82, 2.24) is 29.5 Å². The number of aromatic nitrogens is 4. The lowest BCUT2D eigenvalue weighted by molar-refractivity contribution is -0.142. The van der Waals surface area contributed by atoms with E-state index in [9.17, 15) is 22.4 Å². The van der Waals surface area contributed by atoms with Crippen LogP contribution in [0.2, 0.25) is 0 Å². The molecule has 1 saturated heterocycles. The number of carbonyl (C=O) groups excluding carboxylic acids is 1. The summed E-state index contributed by atoms with van der Waals surface area (Å²) in [4.78, 5) is 13.8. The predicted molar refractivity (Wildman–Crippen MR) is 136 cm³/mol. The highest BCUT2D eigenvalue weighted by atomic mass is 19.4. The fraction of sp³-hybridized carbons (Fsp3) is 0.741. The van der Waals surface area contributed by atoms with Crippen molar-refractivity contribution in [2.24, 2.45) is 37.8 Å². The van der Waals surface area contributed by atoms with E-state index >= 15 is 0 Å². The highest BCUT2D eigenvalue weighted by Gasteiger charge is 2.45. The third-order valence-corrected chi connectivity index (χ3v) is 8.96. The van der Waals surface area contributed by atoms with E-state index in [0.717, 1.165) is 12.8 Å². The Morgan fingerprint density at radius 2 is 1.95 bits per heavy atom. The average molecular weight is 554 g/mol. The number of nitrogens with zero attached hydrogens (tertiary/aromatic N) is 4. The van der Waals surface area contributed by atoms with Gasteiger partial charge >= 0.3 is 6.18 Å². The summed E-state index contributed by atoms with van der Waals surface area (Å²) in [5.41, 5.74) is -0.458. The van der Waals surface area contributed by atoms with Crippen molar-refractivity contribution in [3.63, 3.8) is 0 Å². The van der Waals surface area contributed by atoms with Gasteiger partial charge in [0.25, 0.3) is 0 Å². The molecule has 5 rings (SSSR count). The monoisotopic (exact) mass is 553 g/mol. The third kappa shape index (κ3) is 6.10. The molecule has 3 aliphatic rings. The van der Waals surface area contributed by atoms with E-state index in [-0.39, 0.29) is 41.9 Å². The van der Waals surface area contributed by atoms with Crippen molar-refractivity contribution in [2.45, 2.75) is 82.3 Å². The molecule has 2 aromatic rings. The summed E-state index contributed by atoms with van der Waals surface area (Å²) in [6.07, 6.45) is 3.49. The van der Waals surface area contributed by atoms with Crippen molar-refractivity contribution >= 4 is 5.91 Å². The lowest BCUT2D eigenvalue weighted by Gasteiger charge is -2.39. The molecule has 1 aliphatic heterocycles. The standard InChI is InChI=1S/C27H39F4N7O/c1-15-8-22(33-12-21(15)28)23(17-4-5-17)34-25(39)19-10-16(13-38-7-6-36(2)26(38)32)9-18(11-19)20-14-37(3)35-24(20)27(29,30)31/h6-7,14-19,21-23,32-33H,4-5,8-13H2,1-3H3,(H,34,39)/t15?,16?,18?,19?,21?,22?,23-/m0/s1. The number of amides is 1. The van der Waals surface area contributed by atoms with E-state index < -0.39 is 29.9 Å². The van der Waals surface area contributed by atoms with Crippen LogP contribution in [0, 0.1) is 29.1 Å². The molecule has 216 valence electrons. The minimum absolute atomic E-state index is 0.0143. The summed E-state index contributed by atoms with van der Waals surface area (Å²) in [6, 6.07) is -0.127. The topological polar surface area (TPSA) is 92.7 Å². The van der Waals surface area contributed by atoms with Crippen LogP contribution in [-0.2, 0) is 31.6 Å². The summed E-state index contributed by atoms with van der Waals surface area (Å²) in [6.45, 7) is 2.62. The van der Waals surface area contributed by atoms with Gasteiger partial charge in [-0.3, -0.25) is 14.9 Å². The molecule has 3 N–H and O–H groups in total. The Hall–Kier alpha value is -2.63. The molecule has 1 amide bonds. The maximum Gasteiger partial charge on any atom is 0.435 e. The molecule has 7 atom stereocenters. The van der Waals surface area contributed by atoms with Gasteiger partial charge in [-0.2, -0.15) is 18.3 Å². The van der Waals surface area contributed by atoms with Crippen LogP contribution in [0.25, 0.3) is 0 Å². The molecule has 0 radical (unpaired) electrons. The van der Waals surface area contributed by atoms with Crippen LogP contribution in [0.3, 0.4) is 0 Å². The Morgan fingerprint density at radius 1 is 1.21 bits per heavy atom. The van der Waals surface area contributed by atoms with E-state index in [1.165, 1.54) is 17.9 Å². The Bertz CT molecular complexity index is 1230. The van der Waals surface area contributed by atoms with Crippen LogP contribution in [-0.4, -0.2) is 49.6 Å². The molecule has 2 aromatic heterocycles. The van der Waals surface area contributed by atoms with Crippen molar-refractivity contribution in [2.75, 3.05) is 6.54 Å². The van der Waals surface area contributed by atoms with E-state index in [0.29, 0.717) is 43.8 Å². The first-order valence-electron chi connectivity index (χ1n) is 14.0. The van der Waals surface area contributed by atoms with E-state index in [1.54, 1.807) is 28.6 Å². The van der Waals surface area contributed by atoms with E-state index in [1.807, 2.05) is 6.92 Å². The molecule has 6 unspecified atom stereocenters. The molecule has 3 fully saturated rings. The van der Waals surface area contributed by atoms with Crippen LogP contribution < -0.4 is 16.3 Å². The highest BCUT2D eigenvalue weighted by molar-refractivity contribution is 5.79.